The lowest BCUT2D eigenvalue weighted by Crippen LogP contribution is -2.31. The van der Waals surface area contributed by atoms with E-state index in [2.05, 4.69) is 0 Å². The van der Waals surface area contributed by atoms with E-state index in [1.54, 1.807) is 12.1 Å². The number of carbonyl (C=O) groups excluding carboxylic acids is 2. The van der Waals surface area contributed by atoms with E-state index in [0.717, 1.165) is 6.42 Å². The fraction of sp³-hybridized carbons (Fsp3) is 0.500. The maximum absolute atomic E-state index is 12.4. The molecule has 0 bridgehead atoms. The Hall–Kier alpha value is -2.04. The summed E-state index contributed by atoms with van der Waals surface area (Å²) < 4.78 is 5.38. The highest BCUT2D eigenvalue weighted by Crippen LogP contribution is 2.38. The maximum Gasteiger partial charge on any atom is 0.290 e. The number of aliphatic hydroxyl groups excluding tert-OH is 1. The summed E-state index contributed by atoms with van der Waals surface area (Å²) >= 11 is 0. The number of nitrogens with zero attached hydrogens (tertiary/aromatic N) is 1. The number of aliphatic hydroxyl groups is 1. The van der Waals surface area contributed by atoms with Gasteiger partial charge in [0.05, 0.1) is 11.8 Å². The molecule has 2 heterocycles. The highest BCUT2D eigenvalue weighted by molar-refractivity contribution is 6.08. The predicted octanol–water partition coefficient (Wildman–Crippen LogP) is 3.00. The van der Waals surface area contributed by atoms with Gasteiger partial charge in [0.2, 0.25) is 0 Å². The molecular weight excluding hydrogens is 270 g/mol. The molecule has 1 N–H and O–H groups in total. The molecule has 0 spiro atoms. The average molecular weight is 291 g/mol. The van der Waals surface area contributed by atoms with Gasteiger partial charge in [0, 0.05) is 13.0 Å². The van der Waals surface area contributed by atoms with Crippen molar-refractivity contribution >= 4 is 11.7 Å². The fourth-order valence-corrected chi connectivity index (χ4v) is 2.63. The number of hydrogen-bond acceptors (Lipinski definition) is 4. The summed E-state index contributed by atoms with van der Waals surface area (Å²) in [7, 11) is 0. The van der Waals surface area contributed by atoms with E-state index in [-0.39, 0.29) is 17.3 Å². The minimum Gasteiger partial charge on any atom is -0.503 e. The molecule has 0 fully saturated rings. The topological polar surface area (TPSA) is 70.8 Å². The smallest absolute Gasteiger partial charge is 0.290 e. The van der Waals surface area contributed by atoms with E-state index in [1.165, 1.54) is 11.2 Å². The van der Waals surface area contributed by atoms with Crippen LogP contribution in [0.4, 0.5) is 0 Å². The van der Waals surface area contributed by atoms with Gasteiger partial charge in [-0.3, -0.25) is 9.59 Å². The van der Waals surface area contributed by atoms with Gasteiger partial charge in [-0.15, -0.1) is 0 Å². The molecular formula is C16H21NO4. The standard InChI is InChI=1S/C16H21NO4/c1-4-7-17-14(12-6-5-8-21-12)13(15(19)16(17)20)11(18)9-10(2)3/h5-6,8,10,14,19H,4,7,9H2,1-3H3. The van der Waals surface area contributed by atoms with Crippen molar-refractivity contribution in [3.05, 3.63) is 35.5 Å². The van der Waals surface area contributed by atoms with E-state index in [0.29, 0.717) is 18.7 Å². The molecule has 21 heavy (non-hydrogen) atoms. The van der Waals surface area contributed by atoms with Gasteiger partial charge in [-0.2, -0.15) is 0 Å². The number of amides is 1. The van der Waals surface area contributed by atoms with Gasteiger partial charge in [0.15, 0.2) is 11.5 Å². The molecule has 0 radical (unpaired) electrons. The Balaban J connectivity index is 2.42. The van der Waals surface area contributed by atoms with Gasteiger partial charge >= 0.3 is 0 Å². The van der Waals surface area contributed by atoms with E-state index in [1.807, 2.05) is 20.8 Å². The third kappa shape index (κ3) is 2.86. The molecule has 114 valence electrons. The summed E-state index contributed by atoms with van der Waals surface area (Å²) in [4.78, 5) is 26.2. The van der Waals surface area contributed by atoms with Gasteiger partial charge in [0.25, 0.3) is 5.91 Å². The van der Waals surface area contributed by atoms with E-state index >= 15 is 0 Å². The third-order valence-electron chi connectivity index (χ3n) is 3.47. The predicted molar refractivity (Wildman–Crippen MR) is 77.6 cm³/mol. The minimum atomic E-state index is -0.612. The summed E-state index contributed by atoms with van der Waals surface area (Å²) in [6, 6.07) is 2.82. The van der Waals surface area contributed by atoms with Gasteiger partial charge < -0.3 is 14.4 Å². The molecule has 1 unspecified atom stereocenters. The van der Waals surface area contributed by atoms with Crippen molar-refractivity contribution in [2.75, 3.05) is 6.54 Å². The second kappa shape index (κ2) is 6.16. The molecule has 0 aliphatic carbocycles. The summed E-state index contributed by atoms with van der Waals surface area (Å²) in [5.74, 6) is -0.463. The lowest BCUT2D eigenvalue weighted by molar-refractivity contribution is -0.129. The molecule has 0 aromatic carbocycles. The van der Waals surface area contributed by atoms with Crippen molar-refractivity contribution in [1.82, 2.24) is 4.90 Å². The average Bonchev–Trinajstić information content (AvgIpc) is 3.00. The zero-order chi connectivity index (χ0) is 15.6. The van der Waals surface area contributed by atoms with Crippen molar-refractivity contribution in [3.63, 3.8) is 0 Å². The second-order valence-electron chi connectivity index (χ2n) is 5.70. The van der Waals surface area contributed by atoms with Gasteiger partial charge in [-0.1, -0.05) is 20.8 Å². The summed E-state index contributed by atoms with van der Waals surface area (Å²) in [5, 5.41) is 10.1. The maximum atomic E-state index is 12.4. The number of ketones is 1. The summed E-state index contributed by atoms with van der Waals surface area (Å²) in [5.41, 5.74) is 0.164. The Bertz CT molecular complexity index is 557. The summed E-state index contributed by atoms with van der Waals surface area (Å²) in [6.07, 6.45) is 2.54. The molecule has 1 aromatic rings. The Morgan fingerprint density at radius 2 is 2.19 bits per heavy atom. The van der Waals surface area contributed by atoms with E-state index < -0.39 is 17.7 Å². The van der Waals surface area contributed by atoms with E-state index in [9.17, 15) is 14.7 Å². The Labute approximate surface area is 124 Å². The molecule has 1 aliphatic rings. The van der Waals surface area contributed by atoms with E-state index in [4.69, 9.17) is 4.42 Å². The molecule has 5 heteroatoms. The van der Waals surface area contributed by atoms with Crippen LogP contribution in [0, 0.1) is 5.92 Å². The van der Waals surface area contributed by atoms with Gasteiger partial charge in [-0.05, 0) is 24.5 Å². The molecule has 0 saturated carbocycles. The van der Waals surface area contributed by atoms with Crippen LogP contribution >= 0.6 is 0 Å². The van der Waals surface area contributed by atoms with Crippen molar-refractivity contribution < 1.29 is 19.1 Å². The molecule has 1 aliphatic heterocycles. The zero-order valence-electron chi connectivity index (χ0n) is 12.6. The molecule has 1 amide bonds. The lowest BCUT2D eigenvalue weighted by atomic mass is 9.95. The first-order valence-electron chi connectivity index (χ1n) is 7.28. The molecule has 0 saturated heterocycles. The number of carbonyl (C=O) groups is 2. The first-order valence-corrected chi connectivity index (χ1v) is 7.28. The van der Waals surface area contributed by atoms with Crippen LogP contribution in [0.25, 0.3) is 0 Å². The zero-order valence-corrected chi connectivity index (χ0v) is 12.6. The minimum absolute atomic E-state index is 0.158. The first kappa shape index (κ1) is 15.4. The Morgan fingerprint density at radius 1 is 1.48 bits per heavy atom. The molecule has 1 aromatic heterocycles. The van der Waals surface area contributed by atoms with Crippen molar-refractivity contribution in [1.29, 1.82) is 0 Å². The second-order valence-corrected chi connectivity index (χ2v) is 5.70. The van der Waals surface area contributed by atoms with Crippen molar-refractivity contribution in [2.45, 2.75) is 39.7 Å². The SMILES string of the molecule is CCCN1C(=O)C(O)=C(C(=O)CC(C)C)C1c1ccco1. The molecule has 1 atom stereocenters. The Morgan fingerprint density at radius 3 is 2.71 bits per heavy atom. The van der Waals surface area contributed by atoms with Crippen LogP contribution in [0.3, 0.4) is 0 Å². The normalized spacial score (nSPS) is 19.0. The van der Waals surface area contributed by atoms with Crippen LogP contribution < -0.4 is 0 Å². The molecule has 2 rings (SSSR count). The van der Waals surface area contributed by atoms with Crippen LogP contribution in [-0.2, 0) is 9.59 Å². The van der Waals surface area contributed by atoms with Gasteiger partial charge in [-0.25, -0.2) is 0 Å². The fourth-order valence-electron chi connectivity index (χ4n) is 2.63. The lowest BCUT2D eigenvalue weighted by Gasteiger charge is -2.24. The quantitative estimate of drug-likeness (QED) is 0.874. The van der Waals surface area contributed by atoms with Crippen LogP contribution in [0.1, 0.15) is 45.4 Å². The van der Waals surface area contributed by atoms with Crippen LogP contribution in [0.2, 0.25) is 0 Å². The third-order valence-corrected chi connectivity index (χ3v) is 3.47. The Kier molecular flexibility index (Phi) is 4.50. The largest absolute Gasteiger partial charge is 0.503 e. The van der Waals surface area contributed by atoms with Crippen LogP contribution in [0.15, 0.2) is 34.1 Å². The first-order chi connectivity index (χ1) is 9.97. The number of hydrogen-bond donors (Lipinski definition) is 1. The number of Topliss-reactive ketones (excluding diaryl/α,β-unsaturated/α-hetero) is 1. The number of furan rings is 1. The monoisotopic (exact) mass is 291 g/mol. The highest BCUT2D eigenvalue weighted by Gasteiger charge is 2.44. The van der Waals surface area contributed by atoms with Crippen LogP contribution in [-0.4, -0.2) is 28.2 Å². The van der Waals surface area contributed by atoms with Crippen molar-refractivity contribution in [3.8, 4) is 0 Å². The summed E-state index contributed by atoms with van der Waals surface area (Å²) in [6.45, 7) is 6.26. The van der Waals surface area contributed by atoms with Crippen molar-refractivity contribution in [2.24, 2.45) is 5.92 Å². The number of rotatable bonds is 6. The highest BCUT2D eigenvalue weighted by atomic mass is 16.3. The molecule has 5 nitrogen and oxygen atoms in total. The van der Waals surface area contributed by atoms with Gasteiger partial charge in [0.1, 0.15) is 11.8 Å². The van der Waals surface area contributed by atoms with Crippen LogP contribution in [0.5, 0.6) is 0 Å².